The van der Waals surface area contributed by atoms with Crippen molar-refractivity contribution < 1.29 is 17.9 Å². The molecule has 1 heterocycles. The summed E-state index contributed by atoms with van der Waals surface area (Å²) in [5.41, 5.74) is 0.0633. The lowest BCUT2D eigenvalue weighted by Crippen LogP contribution is -2.47. The first-order chi connectivity index (χ1) is 10.1. The van der Waals surface area contributed by atoms with E-state index in [1.54, 1.807) is 17.0 Å². The molecule has 1 aromatic rings. The van der Waals surface area contributed by atoms with Gasteiger partial charge in [0.25, 0.3) is 5.91 Å². The Balaban J connectivity index is 2.30. The highest BCUT2D eigenvalue weighted by Crippen LogP contribution is 2.28. The van der Waals surface area contributed by atoms with Crippen molar-refractivity contribution in [1.29, 1.82) is 0 Å². The zero-order chi connectivity index (χ0) is 16.7. The van der Waals surface area contributed by atoms with Gasteiger partial charge in [-0.2, -0.15) is 0 Å². The maximum Gasteiger partial charge on any atom is 0.256 e. The van der Waals surface area contributed by atoms with E-state index in [2.05, 4.69) is 0 Å². The summed E-state index contributed by atoms with van der Waals surface area (Å²) in [6.07, 6.45) is -0.298. The van der Waals surface area contributed by atoms with Gasteiger partial charge in [-0.3, -0.25) is 4.79 Å². The number of sulfonamides is 1. The molecule has 1 aromatic carbocycles. The van der Waals surface area contributed by atoms with Crippen molar-refractivity contribution in [2.75, 3.05) is 20.7 Å². The summed E-state index contributed by atoms with van der Waals surface area (Å²) in [6, 6.07) is 5.99. The van der Waals surface area contributed by atoms with Crippen LogP contribution in [-0.4, -0.2) is 56.0 Å². The molecule has 6 nitrogen and oxygen atoms in total. The van der Waals surface area contributed by atoms with Crippen LogP contribution < -0.4 is 0 Å². The van der Waals surface area contributed by atoms with Gasteiger partial charge in [0.2, 0.25) is 10.0 Å². The molecular formula is C15H22N2O4S. The minimum atomic E-state index is -3.49. The number of amides is 1. The van der Waals surface area contributed by atoms with Crippen LogP contribution in [-0.2, 0) is 14.8 Å². The van der Waals surface area contributed by atoms with Crippen LogP contribution in [0.15, 0.2) is 29.2 Å². The highest BCUT2D eigenvalue weighted by molar-refractivity contribution is 7.89. The lowest BCUT2D eigenvalue weighted by molar-refractivity contribution is 0.0307. The van der Waals surface area contributed by atoms with Gasteiger partial charge in [-0.1, -0.05) is 0 Å². The summed E-state index contributed by atoms with van der Waals surface area (Å²) in [4.78, 5) is 14.5. The molecule has 0 saturated carbocycles. The van der Waals surface area contributed by atoms with E-state index in [4.69, 9.17) is 4.74 Å². The molecule has 1 unspecified atom stereocenters. The summed E-state index contributed by atoms with van der Waals surface area (Å²) < 4.78 is 30.7. The summed E-state index contributed by atoms with van der Waals surface area (Å²) in [6.45, 7) is 6.20. The van der Waals surface area contributed by atoms with Crippen LogP contribution in [0.1, 0.15) is 31.1 Å². The number of carbonyl (C=O) groups is 1. The fraction of sp³-hybridized carbons (Fsp3) is 0.533. The van der Waals surface area contributed by atoms with E-state index in [1.165, 1.54) is 26.2 Å². The SMILES string of the molecule is CC1OCC(C)(C)N1C(=O)c1ccc(S(=O)(=O)N(C)C)cc1. The Morgan fingerprint density at radius 1 is 1.27 bits per heavy atom. The fourth-order valence-corrected chi connectivity index (χ4v) is 3.42. The first-order valence-electron chi connectivity index (χ1n) is 7.05. The van der Waals surface area contributed by atoms with Crippen LogP contribution in [0.4, 0.5) is 0 Å². The topological polar surface area (TPSA) is 66.9 Å². The Morgan fingerprint density at radius 2 is 1.82 bits per heavy atom. The van der Waals surface area contributed by atoms with Crippen LogP contribution in [0, 0.1) is 0 Å². The number of hydrogen-bond acceptors (Lipinski definition) is 4. The van der Waals surface area contributed by atoms with Crippen molar-refractivity contribution in [1.82, 2.24) is 9.21 Å². The van der Waals surface area contributed by atoms with Crippen molar-refractivity contribution in [3.05, 3.63) is 29.8 Å². The third-order valence-corrected chi connectivity index (χ3v) is 5.62. The first-order valence-corrected chi connectivity index (χ1v) is 8.49. The highest BCUT2D eigenvalue weighted by Gasteiger charge is 2.41. The zero-order valence-corrected chi connectivity index (χ0v) is 14.3. The molecule has 0 bridgehead atoms. The minimum absolute atomic E-state index is 0.163. The average molecular weight is 326 g/mol. The third kappa shape index (κ3) is 2.88. The molecule has 1 aliphatic rings. The molecule has 0 radical (unpaired) electrons. The molecule has 0 spiro atoms. The van der Waals surface area contributed by atoms with Gasteiger partial charge in [0, 0.05) is 19.7 Å². The Hall–Kier alpha value is -1.44. The second-order valence-electron chi connectivity index (χ2n) is 6.21. The minimum Gasteiger partial charge on any atom is -0.356 e. The zero-order valence-electron chi connectivity index (χ0n) is 13.5. The third-order valence-electron chi connectivity index (χ3n) is 3.79. The first kappa shape index (κ1) is 16.9. The summed E-state index contributed by atoms with van der Waals surface area (Å²) in [5, 5.41) is 0. The van der Waals surface area contributed by atoms with Crippen LogP contribution >= 0.6 is 0 Å². The van der Waals surface area contributed by atoms with Crippen LogP contribution in [0.25, 0.3) is 0 Å². The molecule has 0 aromatic heterocycles. The number of hydrogen-bond donors (Lipinski definition) is 0. The second kappa shape index (κ2) is 5.64. The quantitative estimate of drug-likeness (QED) is 0.845. The van der Waals surface area contributed by atoms with E-state index >= 15 is 0 Å². The van der Waals surface area contributed by atoms with E-state index in [-0.39, 0.29) is 22.6 Å². The van der Waals surface area contributed by atoms with Gasteiger partial charge in [0.1, 0.15) is 6.23 Å². The Morgan fingerprint density at radius 3 is 2.23 bits per heavy atom. The average Bonchev–Trinajstić information content (AvgIpc) is 2.71. The van der Waals surface area contributed by atoms with Crippen LogP contribution in [0.3, 0.4) is 0 Å². The molecule has 122 valence electrons. The number of rotatable bonds is 3. The van der Waals surface area contributed by atoms with Gasteiger partial charge in [-0.25, -0.2) is 12.7 Å². The van der Waals surface area contributed by atoms with Crippen molar-refractivity contribution in [3.8, 4) is 0 Å². The monoisotopic (exact) mass is 326 g/mol. The predicted octanol–water partition coefficient (Wildman–Crippen LogP) is 1.53. The Labute approximate surface area is 131 Å². The van der Waals surface area contributed by atoms with E-state index in [0.29, 0.717) is 12.2 Å². The largest absolute Gasteiger partial charge is 0.356 e. The van der Waals surface area contributed by atoms with Gasteiger partial charge in [-0.15, -0.1) is 0 Å². The molecule has 1 saturated heterocycles. The molecular weight excluding hydrogens is 304 g/mol. The Bertz CT molecular complexity index is 665. The molecule has 0 N–H and O–H groups in total. The maximum atomic E-state index is 12.7. The highest BCUT2D eigenvalue weighted by atomic mass is 32.2. The number of carbonyl (C=O) groups excluding carboxylic acids is 1. The van der Waals surface area contributed by atoms with Gasteiger partial charge in [0.05, 0.1) is 17.0 Å². The van der Waals surface area contributed by atoms with Gasteiger partial charge in [0.15, 0.2) is 0 Å². The molecule has 2 rings (SSSR count). The standard InChI is InChI=1S/C15H22N2O4S/c1-11-17(15(2,3)10-21-11)14(18)12-6-8-13(9-7-12)22(19,20)16(4)5/h6-9,11H,10H2,1-5H3. The summed E-state index contributed by atoms with van der Waals surface area (Å²) in [5.74, 6) is -0.163. The molecule has 0 aliphatic carbocycles. The number of ether oxygens (including phenoxy) is 1. The predicted molar refractivity (Wildman–Crippen MR) is 83.0 cm³/mol. The molecule has 1 amide bonds. The summed E-state index contributed by atoms with van der Waals surface area (Å²) >= 11 is 0. The van der Waals surface area contributed by atoms with Gasteiger partial charge in [-0.05, 0) is 45.0 Å². The number of nitrogens with zero attached hydrogens (tertiary/aromatic N) is 2. The second-order valence-corrected chi connectivity index (χ2v) is 8.36. The normalized spacial score (nSPS) is 21.4. The molecule has 22 heavy (non-hydrogen) atoms. The van der Waals surface area contributed by atoms with Crippen molar-refractivity contribution in [2.45, 2.75) is 37.4 Å². The molecule has 1 atom stereocenters. The fourth-order valence-electron chi connectivity index (χ4n) is 2.52. The van der Waals surface area contributed by atoms with E-state index in [0.717, 1.165) is 4.31 Å². The Kier molecular flexibility index (Phi) is 4.34. The molecule has 1 fully saturated rings. The van der Waals surface area contributed by atoms with Crippen LogP contribution in [0.2, 0.25) is 0 Å². The molecule has 7 heteroatoms. The van der Waals surface area contributed by atoms with Crippen molar-refractivity contribution in [2.24, 2.45) is 0 Å². The van der Waals surface area contributed by atoms with E-state index < -0.39 is 10.0 Å². The van der Waals surface area contributed by atoms with E-state index in [1.807, 2.05) is 20.8 Å². The lowest BCUT2D eigenvalue weighted by atomic mass is 10.0. The number of benzene rings is 1. The maximum absolute atomic E-state index is 12.7. The van der Waals surface area contributed by atoms with Crippen LogP contribution in [0.5, 0.6) is 0 Å². The van der Waals surface area contributed by atoms with E-state index in [9.17, 15) is 13.2 Å². The van der Waals surface area contributed by atoms with Gasteiger partial charge < -0.3 is 9.64 Å². The van der Waals surface area contributed by atoms with Crippen molar-refractivity contribution in [3.63, 3.8) is 0 Å². The molecule has 1 aliphatic heterocycles. The van der Waals surface area contributed by atoms with Crippen molar-refractivity contribution >= 4 is 15.9 Å². The summed E-state index contributed by atoms with van der Waals surface area (Å²) in [7, 11) is -0.543. The van der Waals surface area contributed by atoms with Gasteiger partial charge >= 0.3 is 0 Å². The lowest BCUT2D eigenvalue weighted by Gasteiger charge is -2.32. The smallest absolute Gasteiger partial charge is 0.256 e.